The Kier molecular flexibility index (Phi) is 17.5. The molecular weight excluding hydrogens is 342 g/mol. The van der Waals surface area contributed by atoms with E-state index in [9.17, 15) is 0 Å². The third kappa shape index (κ3) is 15.3. The van der Waals surface area contributed by atoms with Gasteiger partial charge >= 0.3 is 0 Å². The van der Waals surface area contributed by atoms with Crippen LogP contribution in [0.15, 0.2) is 0 Å². The summed E-state index contributed by atoms with van der Waals surface area (Å²) in [6.07, 6.45) is 24.2. The standard InChI is InChI=1S/C23H48NO.ClH/c1-4-5-6-7-15-18-21-24(2,3)22-25-23-19-16-13-11-9-8-10-12-14-17-20-23;/h23H,4-22H2,1-3H3;1H/q+1;/p-1. The second-order valence-corrected chi connectivity index (χ2v) is 9.10. The Labute approximate surface area is 171 Å². The first-order valence-electron chi connectivity index (χ1n) is 11.6. The first-order chi connectivity index (χ1) is 12.1. The maximum absolute atomic E-state index is 6.42. The van der Waals surface area contributed by atoms with Crippen molar-refractivity contribution >= 4 is 0 Å². The molecule has 0 aromatic rings. The van der Waals surface area contributed by atoms with Crippen molar-refractivity contribution in [3.63, 3.8) is 0 Å². The smallest absolute Gasteiger partial charge is 0.183 e. The topological polar surface area (TPSA) is 9.23 Å². The van der Waals surface area contributed by atoms with Gasteiger partial charge in [0, 0.05) is 0 Å². The number of quaternary nitrogens is 1. The zero-order valence-corrected chi connectivity index (χ0v) is 19.0. The number of hydrogen-bond donors (Lipinski definition) is 0. The molecule has 2 nitrogen and oxygen atoms in total. The van der Waals surface area contributed by atoms with E-state index in [1.54, 1.807) is 0 Å². The molecule has 0 aromatic heterocycles. The number of ether oxygens (including phenoxy) is 1. The van der Waals surface area contributed by atoms with E-state index in [2.05, 4.69) is 21.0 Å². The van der Waals surface area contributed by atoms with E-state index >= 15 is 0 Å². The molecule has 1 saturated carbocycles. The molecule has 1 rings (SSSR count). The molecule has 0 bridgehead atoms. The van der Waals surface area contributed by atoms with Crippen LogP contribution in [0.2, 0.25) is 0 Å². The predicted molar refractivity (Wildman–Crippen MR) is 111 cm³/mol. The summed E-state index contributed by atoms with van der Waals surface area (Å²) >= 11 is 0. The van der Waals surface area contributed by atoms with Gasteiger partial charge in [-0.05, 0) is 25.7 Å². The Morgan fingerprint density at radius 1 is 0.692 bits per heavy atom. The van der Waals surface area contributed by atoms with E-state index in [1.165, 1.54) is 116 Å². The third-order valence-corrected chi connectivity index (χ3v) is 5.83. The molecule has 0 radical (unpaired) electrons. The van der Waals surface area contributed by atoms with Crippen molar-refractivity contribution in [1.82, 2.24) is 0 Å². The molecule has 26 heavy (non-hydrogen) atoms. The molecule has 1 aliphatic rings. The Hall–Kier alpha value is 0.210. The van der Waals surface area contributed by atoms with Gasteiger partial charge in [-0.1, -0.05) is 90.4 Å². The lowest BCUT2D eigenvalue weighted by molar-refractivity contribution is -0.910. The van der Waals surface area contributed by atoms with Crippen molar-refractivity contribution in [3.8, 4) is 0 Å². The van der Waals surface area contributed by atoms with Crippen LogP contribution in [0.3, 0.4) is 0 Å². The fraction of sp³-hybridized carbons (Fsp3) is 1.00. The predicted octanol–water partition coefficient (Wildman–Crippen LogP) is 4.07. The van der Waals surface area contributed by atoms with Crippen LogP contribution in [0.4, 0.5) is 0 Å². The molecule has 3 heteroatoms. The minimum absolute atomic E-state index is 0. The third-order valence-electron chi connectivity index (χ3n) is 5.83. The van der Waals surface area contributed by atoms with Crippen molar-refractivity contribution in [2.45, 2.75) is 122 Å². The van der Waals surface area contributed by atoms with E-state index in [0.717, 1.165) is 11.2 Å². The van der Waals surface area contributed by atoms with Crippen LogP contribution < -0.4 is 12.4 Å². The monoisotopic (exact) mass is 389 g/mol. The highest BCUT2D eigenvalue weighted by Crippen LogP contribution is 2.19. The van der Waals surface area contributed by atoms with Crippen LogP contribution >= 0.6 is 0 Å². The Bertz CT molecular complexity index is 284. The molecule has 0 heterocycles. The first kappa shape index (κ1) is 26.2. The van der Waals surface area contributed by atoms with Crippen LogP contribution in [-0.4, -0.2) is 38.0 Å². The second kappa shape index (κ2) is 17.3. The fourth-order valence-electron chi connectivity index (χ4n) is 3.98. The molecule has 0 unspecified atom stereocenters. The van der Waals surface area contributed by atoms with Gasteiger partial charge < -0.3 is 21.6 Å². The lowest BCUT2D eigenvalue weighted by atomic mass is 9.99. The van der Waals surface area contributed by atoms with E-state index in [1.807, 2.05) is 0 Å². The van der Waals surface area contributed by atoms with Gasteiger partial charge in [0.2, 0.25) is 0 Å². The Balaban J connectivity index is 0.00000625. The van der Waals surface area contributed by atoms with E-state index < -0.39 is 0 Å². The van der Waals surface area contributed by atoms with Gasteiger partial charge in [0.05, 0.1) is 26.7 Å². The highest BCUT2D eigenvalue weighted by molar-refractivity contribution is 4.61. The highest BCUT2D eigenvalue weighted by Gasteiger charge is 2.18. The summed E-state index contributed by atoms with van der Waals surface area (Å²) < 4.78 is 7.45. The van der Waals surface area contributed by atoms with Crippen molar-refractivity contribution in [2.75, 3.05) is 27.4 Å². The first-order valence-corrected chi connectivity index (χ1v) is 11.6. The Morgan fingerprint density at radius 2 is 1.15 bits per heavy atom. The summed E-state index contributed by atoms with van der Waals surface area (Å²) in [6, 6.07) is 0. The van der Waals surface area contributed by atoms with Crippen LogP contribution in [0.1, 0.15) is 116 Å². The molecule has 0 atom stereocenters. The number of unbranched alkanes of at least 4 members (excludes halogenated alkanes) is 5. The molecule has 0 saturated heterocycles. The zero-order chi connectivity index (χ0) is 18.2. The SMILES string of the molecule is CCCCCCCC[N+](C)(C)COC1CCCCCCCCCCC1.[Cl-]. The van der Waals surface area contributed by atoms with Gasteiger partial charge in [-0.25, -0.2) is 0 Å². The van der Waals surface area contributed by atoms with Gasteiger partial charge in [0.1, 0.15) is 0 Å². The summed E-state index contributed by atoms with van der Waals surface area (Å²) in [5, 5.41) is 0. The zero-order valence-electron chi connectivity index (χ0n) is 18.2. The number of rotatable bonds is 10. The summed E-state index contributed by atoms with van der Waals surface area (Å²) in [7, 11) is 4.70. The number of nitrogens with zero attached hydrogens (tertiary/aromatic N) is 1. The minimum Gasteiger partial charge on any atom is -1.00 e. The molecule has 0 aliphatic heterocycles. The van der Waals surface area contributed by atoms with Gasteiger partial charge in [-0.2, -0.15) is 0 Å². The Morgan fingerprint density at radius 3 is 1.69 bits per heavy atom. The van der Waals surface area contributed by atoms with E-state index in [0.29, 0.717) is 6.10 Å². The normalized spacial score (nSPS) is 18.6. The van der Waals surface area contributed by atoms with Crippen molar-refractivity contribution in [2.24, 2.45) is 0 Å². The highest BCUT2D eigenvalue weighted by atomic mass is 35.5. The van der Waals surface area contributed by atoms with Crippen LogP contribution in [-0.2, 0) is 4.74 Å². The fourth-order valence-corrected chi connectivity index (χ4v) is 3.98. The van der Waals surface area contributed by atoms with Gasteiger partial charge in [0.15, 0.2) is 6.73 Å². The molecule has 0 spiro atoms. The van der Waals surface area contributed by atoms with Crippen LogP contribution in [0.5, 0.6) is 0 Å². The number of hydrogen-bond acceptors (Lipinski definition) is 1. The van der Waals surface area contributed by atoms with Gasteiger partial charge in [-0.3, -0.25) is 0 Å². The van der Waals surface area contributed by atoms with Crippen molar-refractivity contribution in [3.05, 3.63) is 0 Å². The van der Waals surface area contributed by atoms with Gasteiger partial charge in [0.25, 0.3) is 0 Å². The van der Waals surface area contributed by atoms with Gasteiger partial charge in [-0.15, -0.1) is 0 Å². The maximum Gasteiger partial charge on any atom is 0.183 e. The summed E-state index contributed by atoms with van der Waals surface area (Å²) in [4.78, 5) is 0. The van der Waals surface area contributed by atoms with Crippen LogP contribution in [0.25, 0.3) is 0 Å². The largest absolute Gasteiger partial charge is 1.00 e. The van der Waals surface area contributed by atoms with Crippen LogP contribution in [0, 0.1) is 0 Å². The van der Waals surface area contributed by atoms with Crippen molar-refractivity contribution in [1.29, 1.82) is 0 Å². The quantitative estimate of drug-likeness (QED) is 0.311. The van der Waals surface area contributed by atoms with Crippen molar-refractivity contribution < 1.29 is 21.6 Å². The summed E-state index contributed by atoms with van der Waals surface area (Å²) in [5.74, 6) is 0. The number of halogens is 1. The molecular formula is C23H48ClNO. The lowest BCUT2D eigenvalue weighted by Crippen LogP contribution is -3.00. The minimum atomic E-state index is 0. The molecule has 1 fully saturated rings. The average Bonchev–Trinajstić information content (AvgIpc) is 2.57. The summed E-state index contributed by atoms with van der Waals surface area (Å²) in [6.45, 7) is 4.46. The molecule has 158 valence electrons. The lowest BCUT2D eigenvalue weighted by Gasteiger charge is -2.31. The molecule has 0 N–H and O–H groups in total. The molecule has 1 aliphatic carbocycles. The summed E-state index contributed by atoms with van der Waals surface area (Å²) in [5.41, 5.74) is 0. The van der Waals surface area contributed by atoms with E-state index in [4.69, 9.17) is 4.74 Å². The second-order valence-electron chi connectivity index (χ2n) is 9.10. The molecule has 0 amide bonds. The maximum atomic E-state index is 6.42. The molecule has 0 aromatic carbocycles. The van der Waals surface area contributed by atoms with E-state index in [-0.39, 0.29) is 12.4 Å². The average molecular weight is 390 g/mol.